The van der Waals surface area contributed by atoms with Crippen LogP contribution in [0, 0.1) is 0 Å². The molecule has 1 aromatic heterocycles. The number of hydrogen-bond acceptors (Lipinski definition) is 4. The maximum Gasteiger partial charge on any atom is 0.425 e. The molecular formula is C10H11F3N2OS. The van der Waals surface area contributed by atoms with Crippen molar-refractivity contribution in [2.45, 2.75) is 31.4 Å². The van der Waals surface area contributed by atoms with Gasteiger partial charge in [0.1, 0.15) is 0 Å². The number of ether oxygens (including phenoxy) is 1. The predicted molar refractivity (Wildman–Crippen MR) is 58.0 cm³/mol. The highest BCUT2D eigenvalue weighted by molar-refractivity contribution is 7.98. The van der Waals surface area contributed by atoms with Crippen LogP contribution >= 0.6 is 11.8 Å². The minimum absolute atomic E-state index is 0.0592. The zero-order valence-corrected chi connectivity index (χ0v) is 9.94. The number of thioether (sulfide) groups is 1. The first-order chi connectivity index (χ1) is 7.97. The molecule has 0 bridgehead atoms. The lowest BCUT2D eigenvalue weighted by Crippen LogP contribution is -2.31. The van der Waals surface area contributed by atoms with E-state index in [1.165, 1.54) is 0 Å². The monoisotopic (exact) mass is 264 g/mol. The first-order valence-electron chi connectivity index (χ1n) is 5.13. The molecule has 1 unspecified atom stereocenters. The van der Waals surface area contributed by atoms with Crippen LogP contribution in [0.3, 0.4) is 0 Å². The van der Waals surface area contributed by atoms with Crippen LogP contribution in [0.4, 0.5) is 13.2 Å². The van der Waals surface area contributed by atoms with Crippen molar-refractivity contribution >= 4 is 11.8 Å². The average Bonchev–Trinajstić information content (AvgIpc) is 2.27. The molecule has 0 aliphatic carbocycles. The maximum atomic E-state index is 12.3. The van der Waals surface area contributed by atoms with Crippen LogP contribution < -0.4 is 4.74 Å². The summed E-state index contributed by atoms with van der Waals surface area (Å²) in [4.78, 5) is 0. The fourth-order valence-corrected chi connectivity index (χ4v) is 2.38. The first kappa shape index (κ1) is 12.5. The van der Waals surface area contributed by atoms with Gasteiger partial charge in [0.25, 0.3) is 0 Å². The van der Waals surface area contributed by atoms with Crippen LogP contribution in [-0.2, 0) is 12.2 Å². The molecule has 7 heteroatoms. The summed E-state index contributed by atoms with van der Waals surface area (Å²) >= 11 is 1.73. The molecule has 2 heterocycles. The number of nitrogens with zero attached hydrogens (tertiary/aromatic N) is 2. The largest absolute Gasteiger partial charge is 0.464 e. The van der Waals surface area contributed by atoms with E-state index in [4.69, 9.17) is 4.74 Å². The summed E-state index contributed by atoms with van der Waals surface area (Å²) in [5.41, 5.74) is 1.77. The topological polar surface area (TPSA) is 35.0 Å². The Morgan fingerprint density at radius 3 is 2.88 bits per heavy atom. The van der Waals surface area contributed by atoms with Gasteiger partial charge in [0.2, 0.25) is 5.88 Å². The molecule has 0 amide bonds. The van der Waals surface area contributed by atoms with Crippen molar-refractivity contribution in [3.63, 3.8) is 0 Å². The number of hydrogen-bond donors (Lipinski definition) is 0. The van der Waals surface area contributed by atoms with Crippen molar-refractivity contribution in [2.75, 3.05) is 5.75 Å². The normalized spacial score (nSPS) is 17.4. The summed E-state index contributed by atoms with van der Waals surface area (Å²) in [5.74, 6) is 1.67. The van der Waals surface area contributed by atoms with E-state index in [2.05, 4.69) is 10.2 Å². The van der Waals surface area contributed by atoms with E-state index >= 15 is 0 Å². The Hall–Kier alpha value is -0.980. The molecule has 0 saturated heterocycles. The molecule has 0 fully saturated rings. The quantitative estimate of drug-likeness (QED) is 0.822. The molecular weight excluding hydrogens is 253 g/mol. The van der Waals surface area contributed by atoms with Crippen molar-refractivity contribution in [2.24, 2.45) is 0 Å². The Balaban J connectivity index is 2.12. The third kappa shape index (κ3) is 3.02. The summed E-state index contributed by atoms with van der Waals surface area (Å²) in [7, 11) is 0. The van der Waals surface area contributed by atoms with Crippen LogP contribution in [0.25, 0.3) is 0 Å². The number of halogens is 3. The Bertz CT molecular complexity index is 411. The fourth-order valence-electron chi connectivity index (χ4n) is 1.43. The van der Waals surface area contributed by atoms with Gasteiger partial charge in [-0.2, -0.15) is 30.0 Å². The van der Waals surface area contributed by atoms with Gasteiger partial charge in [-0.25, -0.2) is 0 Å². The van der Waals surface area contributed by atoms with Gasteiger partial charge < -0.3 is 4.74 Å². The zero-order chi connectivity index (χ0) is 12.5. The highest BCUT2D eigenvalue weighted by Gasteiger charge is 2.38. The fraction of sp³-hybridized carbons (Fsp3) is 0.600. The van der Waals surface area contributed by atoms with Crippen LogP contribution in [0.15, 0.2) is 6.07 Å². The molecule has 0 N–H and O–H groups in total. The zero-order valence-electron chi connectivity index (χ0n) is 9.12. The van der Waals surface area contributed by atoms with Crippen molar-refractivity contribution in [1.29, 1.82) is 0 Å². The summed E-state index contributed by atoms with van der Waals surface area (Å²) in [6.45, 7) is 0.954. The third-order valence-corrected chi connectivity index (χ3v) is 3.44. The van der Waals surface area contributed by atoms with E-state index in [9.17, 15) is 13.2 Å². The van der Waals surface area contributed by atoms with E-state index < -0.39 is 12.3 Å². The second-order valence-electron chi connectivity index (χ2n) is 3.76. The average molecular weight is 264 g/mol. The molecule has 0 spiro atoms. The molecule has 0 radical (unpaired) electrons. The Labute approximate surface area is 101 Å². The summed E-state index contributed by atoms with van der Waals surface area (Å²) < 4.78 is 41.6. The number of fused-ring (bicyclic) bond motifs is 1. The molecule has 0 aromatic carbocycles. The molecule has 3 nitrogen and oxygen atoms in total. The van der Waals surface area contributed by atoms with Crippen molar-refractivity contribution in [3.8, 4) is 5.88 Å². The predicted octanol–water partition coefficient (Wildman–Crippen LogP) is 2.60. The maximum absolute atomic E-state index is 12.3. The van der Waals surface area contributed by atoms with E-state index in [-0.39, 0.29) is 5.88 Å². The lowest BCUT2D eigenvalue weighted by molar-refractivity contribution is -0.190. The number of aryl methyl sites for hydroxylation is 1. The molecule has 94 valence electrons. The summed E-state index contributed by atoms with van der Waals surface area (Å²) in [6.07, 6.45) is -5.44. The lowest BCUT2D eigenvalue weighted by Gasteiger charge is -2.18. The van der Waals surface area contributed by atoms with Gasteiger partial charge >= 0.3 is 6.18 Å². The molecule has 1 aliphatic rings. The van der Waals surface area contributed by atoms with E-state index in [1.807, 2.05) is 0 Å². The van der Waals surface area contributed by atoms with Gasteiger partial charge in [-0.3, -0.25) is 0 Å². The Morgan fingerprint density at radius 2 is 2.18 bits per heavy atom. The van der Waals surface area contributed by atoms with Gasteiger partial charge in [0.05, 0.1) is 5.69 Å². The minimum atomic E-state index is -4.38. The summed E-state index contributed by atoms with van der Waals surface area (Å²) in [6, 6.07) is 1.55. The van der Waals surface area contributed by atoms with Crippen molar-refractivity contribution in [3.05, 3.63) is 17.3 Å². The molecule has 17 heavy (non-hydrogen) atoms. The van der Waals surface area contributed by atoms with E-state index in [0.29, 0.717) is 0 Å². The van der Waals surface area contributed by atoms with E-state index in [0.717, 1.165) is 36.1 Å². The second-order valence-corrected chi connectivity index (χ2v) is 4.86. The van der Waals surface area contributed by atoms with Crippen molar-refractivity contribution < 1.29 is 17.9 Å². The lowest BCUT2D eigenvalue weighted by atomic mass is 10.2. The highest BCUT2D eigenvalue weighted by atomic mass is 32.2. The Morgan fingerprint density at radius 1 is 1.41 bits per heavy atom. The molecule has 1 atom stereocenters. The van der Waals surface area contributed by atoms with Gasteiger partial charge in [-0.05, 0) is 18.2 Å². The molecule has 0 saturated carbocycles. The third-order valence-electron chi connectivity index (χ3n) is 2.44. The van der Waals surface area contributed by atoms with Crippen LogP contribution in [0.5, 0.6) is 5.88 Å². The van der Waals surface area contributed by atoms with Crippen molar-refractivity contribution in [1.82, 2.24) is 10.2 Å². The summed E-state index contributed by atoms with van der Waals surface area (Å²) in [5, 5.41) is 7.56. The van der Waals surface area contributed by atoms with Gasteiger partial charge in [-0.15, -0.1) is 5.10 Å². The van der Waals surface area contributed by atoms with Gasteiger partial charge in [-0.1, -0.05) is 0 Å². The van der Waals surface area contributed by atoms with Crippen LogP contribution in [0.2, 0.25) is 0 Å². The number of alkyl halides is 3. The first-order valence-corrected chi connectivity index (χ1v) is 6.29. The molecule has 1 aromatic rings. The standard InChI is InChI=1S/C10H11F3N2OS/c1-6(10(11,12)13)16-9-4-7-5-17-3-2-8(7)14-15-9/h4,6H,2-3,5H2,1H3. The number of rotatable bonds is 2. The van der Waals surface area contributed by atoms with E-state index in [1.54, 1.807) is 17.8 Å². The second kappa shape index (κ2) is 4.72. The molecule has 2 rings (SSSR count). The number of aromatic nitrogens is 2. The van der Waals surface area contributed by atoms with Crippen LogP contribution in [-0.4, -0.2) is 28.2 Å². The van der Waals surface area contributed by atoms with Gasteiger partial charge in [0, 0.05) is 18.2 Å². The SMILES string of the molecule is CC(Oc1cc2c(nn1)CCSC2)C(F)(F)F. The highest BCUT2D eigenvalue weighted by Crippen LogP contribution is 2.27. The minimum Gasteiger partial charge on any atom is -0.464 e. The Kier molecular flexibility index (Phi) is 3.46. The van der Waals surface area contributed by atoms with Crippen LogP contribution in [0.1, 0.15) is 18.2 Å². The smallest absolute Gasteiger partial charge is 0.425 e. The van der Waals surface area contributed by atoms with Gasteiger partial charge in [0.15, 0.2) is 6.10 Å². The molecule has 1 aliphatic heterocycles.